The SMILES string of the molecule is COC(=O)c1cccc(C)c1NCCCCOc1cccc(C)c1C. The van der Waals surface area contributed by atoms with Gasteiger partial charge in [-0.2, -0.15) is 0 Å². The third kappa shape index (κ3) is 4.99. The Labute approximate surface area is 150 Å². The van der Waals surface area contributed by atoms with Crippen molar-refractivity contribution >= 4 is 11.7 Å². The van der Waals surface area contributed by atoms with E-state index in [0.29, 0.717) is 12.2 Å². The molecular weight excluding hydrogens is 314 g/mol. The van der Waals surface area contributed by atoms with Gasteiger partial charge in [-0.05, 0) is 62.4 Å². The van der Waals surface area contributed by atoms with Crippen LogP contribution in [0.25, 0.3) is 0 Å². The average molecular weight is 341 g/mol. The number of unbranched alkanes of at least 4 members (excludes halogenated alkanes) is 1. The van der Waals surface area contributed by atoms with Gasteiger partial charge in [0, 0.05) is 6.54 Å². The quantitative estimate of drug-likeness (QED) is 0.560. The van der Waals surface area contributed by atoms with Crippen LogP contribution in [0, 0.1) is 20.8 Å². The van der Waals surface area contributed by atoms with Gasteiger partial charge in [-0.25, -0.2) is 4.79 Å². The van der Waals surface area contributed by atoms with Crippen LogP contribution in [0.2, 0.25) is 0 Å². The van der Waals surface area contributed by atoms with Crippen LogP contribution < -0.4 is 10.1 Å². The molecule has 0 spiro atoms. The molecular formula is C21H27NO3. The largest absolute Gasteiger partial charge is 0.493 e. The minimum Gasteiger partial charge on any atom is -0.493 e. The molecule has 4 heteroatoms. The van der Waals surface area contributed by atoms with Gasteiger partial charge < -0.3 is 14.8 Å². The molecule has 1 N–H and O–H groups in total. The van der Waals surface area contributed by atoms with Crippen molar-refractivity contribution in [2.45, 2.75) is 33.6 Å². The number of hydrogen-bond donors (Lipinski definition) is 1. The number of anilines is 1. The molecule has 0 fully saturated rings. The van der Waals surface area contributed by atoms with Crippen LogP contribution in [0.3, 0.4) is 0 Å². The van der Waals surface area contributed by atoms with Gasteiger partial charge in [0.15, 0.2) is 0 Å². The Bertz CT molecular complexity index is 725. The molecule has 2 aromatic carbocycles. The second-order valence-corrected chi connectivity index (χ2v) is 6.17. The van der Waals surface area contributed by atoms with Crippen molar-refractivity contribution in [3.8, 4) is 5.75 Å². The van der Waals surface area contributed by atoms with Crippen LogP contribution >= 0.6 is 0 Å². The van der Waals surface area contributed by atoms with Gasteiger partial charge in [-0.3, -0.25) is 0 Å². The second-order valence-electron chi connectivity index (χ2n) is 6.17. The molecule has 0 amide bonds. The first-order valence-electron chi connectivity index (χ1n) is 8.65. The highest BCUT2D eigenvalue weighted by atomic mass is 16.5. The zero-order chi connectivity index (χ0) is 18.2. The van der Waals surface area contributed by atoms with E-state index in [1.165, 1.54) is 18.2 Å². The molecule has 0 radical (unpaired) electrons. The lowest BCUT2D eigenvalue weighted by Gasteiger charge is -2.14. The van der Waals surface area contributed by atoms with Crippen LogP contribution in [0.15, 0.2) is 36.4 Å². The minimum absolute atomic E-state index is 0.315. The number of para-hydroxylation sites is 1. The summed E-state index contributed by atoms with van der Waals surface area (Å²) in [6.45, 7) is 7.62. The van der Waals surface area contributed by atoms with Crippen molar-refractivity contribution in [2.24, 2.45) is 0 Å². The van der Waals surface area contributed by atoms with E-state index in [0.717, 1.165) is 36.4 Å². The Morgan fingerprint density at radius 3 is 2.48 bits per heavy atom. The van der Waals surface area contributed by atoms with Gasteiger partial charge in [0.2, 0.25) is 0 Å². The van der Waals surface area contributed by atoms with Gasteiger partial charge >= 0.3 is 5.97 Å². The van der Waals surface area contributed by atoms with Crippen molar-refractivity contribution in [3.63, 3.8) is 0 Å². The summed E-state index contributed by atoms with van der Waals surface area (Å²) in [5.41, 5.74) is 4.91. The number of carbonyl (C=O) groups excluding carboxylic acids is 1. The first kappa shape index (κ1) is 18.8. The Balaban J connectivity index is 1.80. The van der Waals surface area contributed by atoms with Crippen LogP contribution in [0.4, 0.5) is 5.69 Å². The number of ether oxygens (including phenoxy) is 2. The summed E-state index contributed by atoms with van der Waals surface area (Å²) in [5.74, 6) is 0.643. The molecule has 2 rings (SSSR count). The molecule has 0 heterocycles. The lowest BCUT2D eigenvalue weighted by atomic mass is 10.1. The number of rotatable bonds is 8. The highest BCUT2D eigenvalue weighted by Gasteiger charge is 2.12. The summed E-state index contributed by atoms with van der Waals surface area (Å²) in [7, 11) is 1.40. The Kier molecular flexibility index (Phi) is 6.87. The van der Waals surface area contributed by atoms with E-state index in [9.17, 15) is 4.79 Å². The molecule has 0 aromatic heterocycles. The Morgan fingerprint density at radius 2 is 1.72 bits per heavy atom. The third-order valence-electron chi connectivity index (χ3n) is 4.36. The maximum Gasteiger partial charge on any atom is 0.339 e. The molecule has 0 aliphatic heterocycles. The fourth-order valence-corrected chi connectivity index (χ4v) is 2.69. The van der Waals surface area contributed by atoms with Crippen molar-refractivity contribution in [1.29, 1.82) is 0 Å². The highest BCUT2D eigenvalue weighted by Crippen LogP contribution is 2.22. The van der Waals surface area contributed by atoms with Crippen LogP contribution in [-0.4, -0.2) is 26.2 Å². The number of benzene rings is 2. The van der Waals surface area contributed by atoms with E-state index in [1.807, 2.05) is 31.2 Å². The molecule has 0 bridgehead atoms. The molecule has 0 unspecified atom stereocenters. The normalized spacial score (nSPS) is 10.4. The Morgan fingerprint density at radius 1 is 1.00 bits per heavy atom. The summed E-state index contributed by atoms with van der Waals surface area (Å²) in [6.07, 6.45) is 1.90. The maximum atomic E-state index is 11.9. The molecule has 0 saturated carbocycles. The van der Waals surface area contributed by atoms with Crippen molar-refractivity contribution < 1.29 is 14.3 Å². The van der Waals surface area contributed by atoms with E-state index < -0.39 is 0 Å². The first-order valence-corrected chi connectivity index (χ1v) is 8.65. The van der Waals surface area contributed by atoms with Gasteiger partial charge in [0.05, 0.1) is 25.0 Å². The predicted octanol–water partition coefficient (Wildman–Crippen LogP) is 4.67. The summed E-state index contributed by atoms with van der Waals surface area (Å²) in [4.78, 5) is 11.9. The van der Waals surface area contributed by atoms with Crippen LogP contribution in [0.1, 0.15) is 39.9 Å². The summed E-state index contributed by atoms with van der Waals surface area (Å²) in [6, 6.07) is 11.8. The predicted molar refractivity (Wildman–Crippen MR) is 102 cm³/mol. The number of esters is 1. The number of carbonyl (C=O) groups is 1. The second kappa shape index (κ2) is 9.11. The summed E-state index contributed by atoms with van der Waals surface area (Å²) >= 11 is 0. The zero-order valence-corrected chi connectivity index (χ0v) is 15.5. The monoisotopic (exact) mass is 341 g/mol. The van der Waals surface area contributed by atoms with Crippen molar-refractivity contribution in [2.75, 3.05) is 25.6 Å². The lowest BCUT2D eigenvalue weighted by molar-refractivity contribution is 0.0601. The number of aryl methyl sites for hydroxylation is 2. The molecule has 2 aromatic rings. The summed E-state index contributed by atoms with van der Waals surface area (Å²) in [5, 5.41) is 3.36. The molecule has 4 nitrogen and oxygen atoms in total. The standard InChI is InChI=1S/C21H27NO3/c1-15-9-8-12-19(17(15)3)25-14-6-5-13-22-20-16(2)10-7-11-18(20)21(23)24-4/h7-12,22H,5-6,13-14H2,1-4H3. The van der Waals surface area contributed by atoms with E-state index in [1.54, 1.807) is 6.07 Å². The molecule has 0 saturated heterocycles. The minimum atomic E-state index is -0.315. The van der Waals surface area contributed by atoms with E-state index in [4.69, 9.17) is 9.47 Å². The van der Waals surface area contributed by atoms with Crippen molar-refractivity contribution in [1.82, 2.24) is 0 Å². The number of nitrogens with one attached hydrogen (secondary N) is 1. The number of methoxy groups -OCH3 is 1. The first-order chi connectivity index (χ1) is 12.0. The topological polar surface area (TPSA) is 47.6 Å². The highest BCUT2D eigenvalue weighted by molar-refractivity contribution is 5.96. The summed E-state index contributed by atoms with van der Waals surface area (Å²) < 4.78 is 10.7. The molecule has 25 heavy (non-hydrogen) atoms. The Hall–Kier alpha value is -2.49. The average Bonchev–Trinajstić information content (AvgIpc) is 2.61. The molecule has 0 atom stereocenters. The van der Waals surface area contributed by atoms with E-state index in [-0.39, 0.29) is 5.97 Å². The van der Waals surface area contributed by atoms with Crippen LogP contribution in [-0.2, 0) is 4.74 Å². The fourth-order valence-electron chi connectivity index (χ4n) is 2.69. The molecule has 0 aliphatic carbocycles. The van der Waals surface area contributed by atoms with Gasteiger partial charge in [-0.1, -0.05) is 24.3 Å². The van der Waals surface area contributed by atoms with Gasteiger partial charge in [0.1, 0.15) is 5.75 Å². The van der Waals surface area contributed by atoms with Crippen LogP contribution in [0.5, 0.6) is 5.75 Å². The van der Waals surface area contributed by atoms with Gasteiger partial charge in [-0.15, -0.1) is 0 Å². The zero-order valence-electron chi connectivity index (χ0n) is 15.5. The van der Waals surface area contributed by atoms with E-state index in [2.05, 4.69) is 25.2 Å². The maximum absolute atomic E-state index is 11.9. The van der Waals surface area contributed by atoms with Crippen molar-refractivity contribution in [3.05, 3.63) is 58.7 Å². The van der Waals surface area contributed by atoms with Gasteiger partial charge in [0.25, 0.3) is 0 Å². The number of hydrogen-bond acceptors (Lipinski definition) is 4. The smallest absolute Gasteiger partial charge is 0.339 e. The van der Waals surface area contributed by atoms with E-state index >= 15 is 0 Å². The molecule has 134 valence electrons. The molecule has 0 aliphatic rings. The third-order valence-corrected chi connectivity index (χ3v) is 4.36. The lowest BCUT2D eigenvalue weighted by Crippen LogP contribution is -2.11. The fraction of sp³-hybridized carbons (Fsp3) is 0.381.